The normalized spacial score (nSPS) is 11.3. The van der Waals surface area contributed by atoms with Gasteiger partial charge >= 0.3 is 0 Å². The van der Waals surface area contributed by atoms with Gasteiger partial charge in [0, 0.05) is 16.5 Å². The van der Waals surface area contributed by atoms with Gasteiger partial charge in [-0.15, -0.1) is 0 Å². The summed E-state index contributed by atoms with van der Waals surface area (Å²) >= 11 is 0. The number of nitrogens with zero attached hydrogens (tertiary/aromatic N) is 2. The van der Waals surface area contributed by atoms with E-state index in [1.807, 2.05) is 56.3 Å². The smallest absolute Gasteiger partial charge is 0.119 e. The van der Waals surface area contributed by atoms with Crippen LogP contribution in [0.15, 0.2) is 109 Å². The average Bonchev–Trinajstić information content (AvgIpc) is 3.36. The Bertz CT molecular complexity index is 2100. The maximum atomic E-state index is 9.45. The number of ether oxygens (including phenoxy) is 2. The second-order valence-electron chi connectivity index (χ2n) is 9.95. The molecule has 0 N–H and O–H groups in total. The van der Waals surface area contributed by atoms with Crippen LogP contribution in [0.1, 0.15) is 19.4 Å². The fraction of sp³-hybridized carbons (Fsp3) is 0.108. The monoisotopic (exact) mass is 534 g/mol. The fourth-order valence-corrected chi connectivity index (χ4v) is 5.58. The summed E-state index contributed by atoms with van der Waals surface area (Å²) in [5.41, 5.74) is 3.96. The number of hydrogen-bond donors (Lipinski definition) is 0. The predicted molar refractivity (Wildman–Crippen MR) is 172 cm³/mol. The molecule has 1 aromatic heterocycles. The van der Waals surface area contributed by atoms with Gasteiger partial charge in [0.25, 0.3) is 0 Å². The molecule has 0 saturated carbocycles. The molecule has 0 unspecified atom stereocenters. The lowest BCUT2D eigenvalue weighted by atomic mass is 9.96. The summed E-state index contributed by atoms with van der Waals surface area (Å²) in [5, 5.41) is 18.6. The third kappa shape index (κ3) is 4.42. The van der Waals surface area contributed by atoms with Crippen LogP contribution < -0.4 is 9.47 Å². The molecular formula is C37H30N2O2. The van der Waals surface area contributed by atoms with Crippen LogP contribution in [-0.4, -0.2) is 18.8 Å². The lowest BCUT2D eigenvalue weighted by Gasteiger charge is -2.12. The number of allylic oxidation sites excluding steroid dienone is 2. The van der Waals surface area contributed by atoms with E-state index in [1.54, 1.807) is 14.2 Å². The maximum absolute atomic E-state index is 9.45. The van der Waals surface area contributed by atoms with Gasteiger partial charge in [-0.2, -0.15) is 5.26 Å². The van der Waals surface area contributed by atoms with E-state index in [0.717, 1.165) is 55.2 Å². The highest BCUT2D eigenvalue weighted by molar-refractivity contribution is 6.18. The third-order valence-electron chi connectivity index (χ3n) is 7.72. The van der Waals surface area contributed by atoms with E-state index < -0.39 is 0 Å². The summed E-state index contributed by atoms with van der Waals surface area (Å²) in [6.45, 7) is 4.00. The van der Waals surface area contributed by atoms with Crippen molar-refractivity contribution in [3.63, 3.8) is 0 Å². The van der Waals surface area contributed by atoms with E-state index in [4.69, 9.17) is 9.47 Å². The van der Waals surface area contributed by atoms with Crippen molar-refractivity contribution >= 4 is 54.1 Å². The van der Waals surface area contributed by atoms with Crippen molar-refractivity contribution in [1.29, 1.82) is 5.26 Å². The van der Waals surface area contributed by atoms with Crippen LogP contribution in [-0.2, 0) is 0 Å². The van der Waals surface area contributed by atoms with Gasteiger partial charge < -0.3 is 14.0 Å². The fourth-order valence-electron chi connectivity index (χ4n) is 5.58. The Morgan fingerprint density at radius 1 is 0.561 bits per heavy atom. The van der Waals surface area contributed by atoms with Gasteiger partial charge in [0.15, 0.2) is 0 Å². The van der Waals surface area contributed by atoms with E-state index in [2.05, 4.69) is 77.4 Å². The molecule has 4 heteroatoms. The molecule has 0 spiro atoms. The molecule has 0 saturated heterocycles. The Labute approximate surface area is 239 Å². The van der Waals surface area contributed by atoms with Gasteiger partial charge in [-0.3, -0.25) is 0 Å². The molecule has 0 fully saturated rings. The summed E-state index contributed by atoms with van der Waals surface area (Å²) in [6, 6.07) is 35.9. The zero-order chi connectivity index (χ0) is 28.5. The van der Waals surface area contributed by atoms with Crippen molar-refractivity contribution in [2.75, 3.05) is 14.2 Å². The molecule has 4 nitrogen and oxygen atoms in total. The van der Waals surface area contributed by atoms with E-state index in [0.29, 0.717) is 5.56 Å². The Morgan fingerprint density at radius 3 is 1.59 bits per heavy atom. The first-order valence-electron chi connectivity index (χ1n) is 13.6. The first kappa shape index (κ1) is 26.0. The van der Waals surface area contributed by atoms with Crippen molar-refractivity contribution in [3.05, 3.63) is 115 Å². The van der Waals surface area contributed by atoms with Crippen molar-refractivity contribution in [3.8, 4) is 23.3 Å². The van der Waals surface area contributed by atoms with E-state index in [9.17, 15) is 5.26 Å². The molecule has 41 heavy (non-hydrogen) atoms. The molecule has 0 aliphatic heterocycles. The molecule has 6 aromatic carbocycles. The maximum Gasteiger partial charge on any atom is 0.119 e. The minimum absolute atomic E-state index is 0.671. The zero-order valence-electron chi connectivity index (χ0n) is 23.6. The van der Waals surface area contributed by atoms with E-state index in [1.165, 1.54) is 16.2 Å². The van der Waals surface area contributed by atoms with Crippen LogP contribution in [0.2, 0.25) is 0 Å². The third-order valence-corrected chi connectivity index (χ3v) is 7.72. The topological polar surface area (TPSA) is 47.2 Å². The molecular weight excluding hydrogens is 504 g/mol. The second kappa shape index (κ2) is 10.7. The predicted octanol–water partition coefficient (Wildman–Crippen LogP) is 9.71. The van der Waals surface area contributed by atoms with Gasteiger partial charge in [-0.25, -0.2) is 0 Å². The van der Waals surface area contributed by atoms with Crippen molar-refractivity contribution < 1.29 is 9.47 Å². The van der Waals surface area contributed by atoms with Crippen molar-refractivity contribution in [2.45, 2.75) is 13.8 Å². The highest BCUT2D eigenvalue weighted by atomic mass is 16.5. The van der Waals surface area contributed by atoms with Crippen LogP contribution in [0.3, 0.4) is 0 Å². The summed E-state index contributed by atoms with van der Waals surface area (Å²) in [7, 11) is 3.39. The Morgan fingerprint density at radius 2 is 1.07 bits per heavy atom. The number of rotatable bonds is 3. The summed E-state index contributed by atoms with van der Waals surface area (Å²) in [4.78, 5) is 0. The first-order valence-corrected chi connectivity index (χ1v) is 13.6. The summed E-state index contributed by atoms with van der Waals surface area (Å²) in [6.07, 6.45) is 4.00. The minimum Gasteiger partial charge on any atom is -0.497 e. The SMILES string of the molecule is C/C=C\C.COc1ccc2c(c1)c1cc(OC)ccc1n2-c1ccc2ccc3c4cc(C#N)ccc4ccc3c2c1. The van der Waals surface area contributed by atoms with Gasteiger partial charge in [-0.1, -0.05) is 48.6 Å². The Kier molecular flexibility index (Phi) is 6.79. The van der Waals surface area contributed by atoms with Crippen LogP contribution in [0.5, 0.6) is 11.5 Å². The van der Waals surface area contributed by atoms with Crippen LogP contribution in [0, 0.1) is 11.3 Å². The number of fused-ring (bicyclic) bond motifs is 8. The molecule has 7 aromatic rings. The van der Waals surface area contributed by atoms with E-state index in [-0.39, 0.29) is 0 Å². The average molecular weight is 535 g/mol. The molecule has 0 bridgehead atoms. The molecule has 1 heterocycles. The van der Waals surface area contributed by atoms with Gasteiger partial charge in [0.1, 0.15) is 11.5 Å². The number of nitriles is 1. The lowest BCUT2D eigenvalue weighted by Crippen LogP contribution is -1.94. The molecule has 0 aliphatic rings. The number of hydrogen-bond acceptors (Lipinski definition) is 3. The second-order valence-corrected chi connectivity index (χ2v) is 9.95. The highest BCUT2D eigenvalue weighted by Crippen LogP contribution is 2.38. The Balaban J connectivity index is 0.000000712. The number of methoxy groups -OCH3 is 2. The quantitative estimate of drug-likeness (QED) is 0.167. The number of benzene rings is 6. The lowest BCUT2D eigenvalue weighted by molar-refractivity contribution is 0.415. The van der Waals surface area contributed by atoms with Crippen LogP contribution in [0.4, 0.5) is 0 Å². The first-order chi connectivity index (χ1) is 20.1. The van der Waals surface area contributed by atoms with Gasteiger partial charge in [-0.05, 0) is 107 Å². The van der Waals surface area contributed by atoms with Gasteiger partial charge in [0.2, 0.25) is 0 Å². The minimum atomic E-state index is 0.671. The summed E-state index contributed by atoms with van der Waals surface area (Å²) < 4.78 is 13.4. The highest BCUT2D eigenvalue weighted by Gasteiger charge is 2.15. The molecule has 0 atom stereocenters. The van der Waals surface area contributed by atoms with Crippen LogP contribution >= 0.6 is 0 Å². The summed E-state index contributed by atoms with van der Waals surface area (Å²) in [5.74, 6) is 1.64. The molecule has 7 rings (SSSR count). The molecule has 200 valence electrons. The van der Waals surface area contributed by atoms with Crippen LogP contribution in [0.25, 0.3) is 59.8 Å². The zero-order valence-corrected chi connectivity index (χ0v) is 23.6. The Hall–Kier alpha value is -5.27. The number of aromatic nitrogens is 1. The van der Waals surface area contributed by atoms with E-state index >= 15 is 0 Å². The molecule has 0 radical (unpaired) electrons. The molecule has 0 amide bonds. The standard InChI is InChI=1S/C33H22N2O2.C4H8/c1-36-24-9-13-32-30(17-24)31-18-25(37-2)10-14-33(31)35(32)23-8-5-22-7-11-26-27(29(22)16-23)12-6-21-4-3-20(19-34)15-28(21)26;1-3-4-2/h3-18H,1-2H3;3-4H,1-2H3/b;4-3-. The molecule has 0 aliphatic carbocycles. The largest absolute Gasteiger partial charge is 0.497 e. The van der Waals surface area contributed by atoms with Crippen molar-refractivity contribution in [1.82, 2.24) is 4.57 Å². The van der Waals surface area contributed by atoms with Gasteiger partial charge in [0.05, 0.1) is 36.9 Å². The van der Waals surface area contributed by atoms with Crippen molar-refractivity contribution in [2.24, 2.45) is 0 Å².